The third-order valence-corrected chi connectivity index (χ3v) is 1.93. The molecule has 76 valence electrons. The summed E-state index contributed by atoms with van der Waals surface area (Å²) in [4.78, 5) is 10.7. The fraction of sp³-hybridized carbons (Fsp3) is 0.700. The molecule has 3 heteroatoms. The molecule has 0 aliphatic heterocycles. The normalized spacial score (nSPS) is 15.7. The molecule has 0 radical (unpaired) electrons. The summed E-state index contributed by atoms with van der Waals surface area (Å²) in [5.74, 6) is -0.380. The monoisotopic (exact) mass is 186 g/mol. The van der Waals surface area contributed by atoms with Crippen LogP contribution in [-0.2, 0) is 9.53 Å². The lowest BCUT2D eigenvalue weighted by atomic mass is 10.0. The second-order valence-electron chi connectivity index (χ2n) is 3.10. The number of esters is 1. The minimum Gasteiger partial charge on any atom is -0.466 e. The zero-order valence-electron chi connectivity index (χ0n) is 8.49. The lowest BCUT2D eigenvalue weighted by Crippen LogP contribution is -2.15. The van der Waals surface area contributed by atoms with Gasteiger partial charge in [0.15, 0.2) is 0 Å². The molecule has 0 aliphatic rings. The van der Waals surface area contributed by atoms with E-state index >= 15 is 0 Å². The zero-order valence-corrected chi connectivity index (χ0v) is 8.49. The Morgan fingerprint density at radius 1 is 1.62 bits per heavy atom. The van der Waals surface area contributed by atoms with Crippen LogP contribution < -0.4 is 0 Å². The average Bonchev–Trinajstić information content (AvgIpc) is 2.13. The van der Waals surface area contributed by atoms with Crippen molar-refractivity contribution in [1.29, 1.82) is 0 Å². The molecule has 0 heterocycles. The summed E-state index contributed by atoms with van der Waals surface area (Å²) in [6, 6.07) is 0. The lowest BCUT2D eigenvalue weighted by molar-refractivity contribution is -0.134. The highest BCUT2D eigenvalue weighted by Crippen LogP contribution is 2.10. The van der Waals surface area contributed by atoms with E-state index in [1.807, 2.05) is 13.8 Å². The number of methoxy groups -OCH3 is 1. The maximum absolute atomic E-state index is 10.7. The highest BCUT2D eigenvalue weighted by molar-refractivity contribution is 5.81. The van der Waals surface area contributed by atoms with Crippen molar-refractivity contribution < 1.29 is 14.6 Å². The van der Waals surface area contributed by atoms with Gasteiger partial charge in [0, 0.05) is 12.0 Å². The molecule has 0 amide bonds. The molecule has 0 rings (SSSR count). The second-order valence-corrected chi connectivity index (χ2v) is 3.10. The first-order valence-corrected chi connectivity index (χ1v) is 4.56. The lowest BCUT2D eigenvalue weighted by Gasteiger charge is -2.13. The molecule has 2 atom stereocenters. The molecule has 0 aromatic carbocycles. The Bertz CT molecular complexity index is 175. The third-order valence-electron chi connectivity index (χ3n) is 1.93. The van der Waals surface area contributed by atoms with Crippen molar-refractivity contribution in [3.05, 3.63) is 12.2 Å². The summed E-state index contributed by atoms with van der Waals surface area (Å²) < 4.78 is 4.43. The van der Waals surface area contributed by atoms with Crippen LogP contribution in [-0.4, -0.2) is 24.3 Å². The Morgan fingerprint density at radius 3 is 2.69 bits per heavy atom. The van der Waals surface area contributed by atoms with Gasteiger partial charge < -0.3 is 9.84 Å². The Morgan fingerprint density at radius 2 is 2.23 bits per heavy atom. The predicted molar refractivity (Wildman–Crippen MR) is 51.2 cm³/mol. The van der Waals surface area contributed by atoms with E-state index in [-0.39, 0.29) is 18.0 Å². The van der Waals surface area contributed by atoms with Crippen molar-refractivity contribution in [1.82, 2.24) is 0 Å². The molecule has 2 unspecified atom stereocenters. The molecule has 0 saturated heterocycles. The molecular formula is C10H18O3. The Kier molecular flexibility index (Phi) is 6.24. The van der Waals surface area contributed by atoms with Gasteiger partial charge in [0.2, 0.25) is 0 Å². The number of ether oxygens (including phenoxy) is 1. The van der Waals surface area contributed by atoms with Crippen molar-refractivity contribution >= 4 is 5.97 Å². The standard InChI is InChI=1S/C10H18O3/c1-4-5-9(11)8(2)6-7-10(12)13-3/h6-9,11H,4-5H2,1-3H3/b7-6+. The first-order valence-electron chi connectivity index (χ1n) is 4.56. The minimum atomic E-state index is -0.379. The SMILES string of the molecule is CCCC(O)C(C)/C=C/C(=O)OC. The second kappa shape index (κ2) is 6.66. The fourth-order valence-corrected chi connectivity index (χ4v) is 0.985. The number of carbonyl (C=O) groups excluding carboxylic acids is 1. The molecule has 0 aromatic rings. The Balaban J connectivity index is 3.90. The smallest absolute Gasteiger partial charge is 0.330 e. The van der Waals surface area contributed by atoms with Gasteiger partial charge in [-0.2, -0.15) is 0 Å². The molecule has 13 heavy (non-hydrogen) atoms. The summed E-state index contributed by atoms with van der Waals surface area (Å²) in [7, 11) is 1.33. The highest BCUT2D eigenvalue weighted by Gasteiger charge is 2.09. The zero-order chi connectivity index (χ0) is 10.3. The maximum Gasteiger partial charge on any atom is 0.330 e. The topological polar surface area (TPSA) is 46.5 Å². The number of aliphatic hydroxyl groups excluding tert-OH is 1. The van der Waals surface area contributed by atoms with Crippen LogP contribution in [0.25, 0.3) is 0 Å². The Labute approximate surface area is 79.4 Å². The van der Waals surface area contributed by atoms with Crippen molar-refractivity contribution in [2.75, 3.05) is 7.11 Å². The van der Waals surface area contributed by atoms with Crippen LogP contribution in [0.5, 0.6) is 0 Å². The third kappa shape index (κ3) is 5.42. The van der Waals surface area contributed by atoms with Crippen molar-refractivity contribution in [3.8, 4) is 0 Å². The fourth-order valence-electron chi connectivity index (χ4n) is 0.985. The molecule has 0 saturated carbocycles. The molecule has 0 spiro atoms. The van der Waals surface area contributed by atoms with Crippen molar-refractivity contribution in [2.24, 2.45) is 5.92 Å². The molecule has 0 aromatic heterocycles. The van der Waals surface area contributed by atoms with Gasteiger partial charge in [0.1, 0.15) is 0 Å². The van der Waals surface area contributed by atoms with Gasteiger partial charge in [-0.15, -0.1) is 0 Å². The minimum absolute atomic E-state index is 0.000880. The van der Waals surface area contributed by atoms with Gasteiger partial charge in [0.25, 0.3) is 0 Å². The highest BCUT2D eigenvalue weighted by atomic mass is 16.5. The van der Waals surface area contributed by atoms with E-state index in [1.54, 1.807) is 6.08 Å². The average molecular weight is 186 g/mol. The molecule has 3 nitrogen and oxygen atoms in total. The first kappa shape index (κ1) is 12.2. The number of carbonyl (C=O) groups is 1. The van der Waals surface area contributed by atoms with E-state index in [4.69, 9.17) is 0 Å². The molecule has 1 N–H and O–H groups in total. The van der Waals surface area contributed by atoms with E-state index in [0.29, 0.717) is 0 Å². The summed E-state index contributed by atoms with van der Waals surface area (Å²) in [5, 5.41) is 9.50. The molecule has 0 bridgehead atoms. The number of hydrogen-bond acceptors (Lipinski definition) is 3. The van der Waals surface area contributed by atoms with Crippen LogP contribution in [0.2, 0.25) is 0 Å². The predicted octanol–water partition coefficient (Wildman–Crippen LogP) is 1.51. The summed E-state index contributed by atoms with van der Waals surface area (Å²) in [5.41, 5.74) is 0. The number of rotatable bonds is 5. The quantitative estimate of drug-likeness (QED) is 0.523. The van der Waals surface area contributed by atoms with Gasteiger partial charge in [0.05, 0.1) is 13.2 Å². The van der Waals surface area contributed by atoms with E-state index in [0.717, 1.165) is 12.8 Å². The van der Waals surface area contributed by atoms with Crippen molar-refractivity contribution in [3.63, 3.8) is 0 Å². The molecule has 0 aliphatic carbocycles. The van der Waals surface area contributed by atoms with Gasteiger partial charge in [-0.1, -0.05) is 26.3 Å². The summed E-state index contributed by atoms with van der Waals surface area (Å²) >= 11 is 0. The largest absolute Gasteiger partial charge is 0.466 e. The molecular weight excluding hydrogens is 168 g/mol. The molecule has 0 fully saturated rings. The van der Waals surface area contributed by atoms with E-state index < -0.39 is 0 Å². The van der Waals surface area contributed by atoms with Crippen LogP contribution in [0.1, 0.15) is 26.7 Å². The van der Waals surface area contributed by atoms with E-state index in [9.17, 15) is 9.90 Å². The van der Waals surface area contributed by atoms with Gasteiger partial charge in [-0.05, 0) is 6.42 Å². The van der Waals surface area contributed by atoms with Crippen molar-refractivity contribution in [2.45, 2.75) is 32.8 Å². The maximum atomic E-state index is 10.7. The van der Waals surface area contributed by atoms with Crippen LogP contribution in [0.3, 0.4) is 0 Å². The van der Waals surface area contributed by atoms with Gasteiger partial charge in [-0.25, -0.2) is 4.79 Å². The summed E-state index contributed by atoms with van der Waals surface area (Å²) in [6.07, 6.45) is 4.35. The first-order chi connectivity index (χ1) is 6.11. The Hall–Kier alpha value is -0.830. The van der Waals surface area contributed by atoms with Crippen LogP contribution in [0, 0.1) is 5.92 Å². The van der Waals surface area contributed by atoms with E-state index in [2.05, 4.69) is 4.74 Å². The van der Waals surface area contributed by atoms with Gasteiger partial charge >= 0.3 is 5.97 Å². The van der Waals surface area contributed by atoms with Crippen LogP contribution >= 0.6 is 0 Å². The number of hydrogen-bond donors (Lipinski definition) is 1. The van der Waals surface area contributed by atoms with Crippen LogP contribution in [0.4, 0.5) is 0 Å². The number of aliphatic hydroxyl groups is 1. The van der Waals surface area contributed by atoms with Gasteiger partial charge in [-0.3, -0.25) is 0 Å². The summed E-state index contributed by atoms with van der Waals surface area (Å²) in [6.45, 7) is 3.89. The van der Waals surface area contributed by atoms with E-state index in [1.165, 1.54) is 13.2 Å². The van der Waals surface area contributed by atoms with Crippen LogP contribution in [0.15, 0.2) is 12.2 Å².